The summed E-state index contributed by atoms with van der Waals surface area (Å²) < 4.78 is 10.4. The Balaban J connectivity index is 1.97. The van der Waals surface area contributed by atoms with Crippen molar-refractivity contribution in [3.8, 4) is 11.5 Å². The summed E-state index contributed by atoms with van der Waals surface area (Å²) in [4.78, 5) is 10.6. The van der Waals surface area contributed by atoms with Gasteiger partial charge in [0, 0.05) is 6.92 Å². The first-order valence-electron chi connectivity index (χ1n) is 4.69. The number of hydrogen-bond acceptors (Lipinski definition) is 3. The van der Waals surface area contributed by atoms with Gasteiger partial charge in [-0.15, -0.1) is 0 Å². The van der Waals surface area contributed by atoms with Crippen LogP contribution in [0.15, 0.2) is 24.3 Å². The molecule has 1 aliphatic carbocycles. The zero-order valence-corrected chi connectivity index (χ0v) is 8.03. The van der Waals surface area contributed by atoms with Crippen LogP contribution in [0.5, 0.6) is 11.5 Å². The van der Waals surface area contributed by atoms with E-state index in [1.165, 1.54) is 6.92 Å². The van der Waals surface area contributed by atoms with E-state index in [9.17, 15) is 4.79 Å². The Bertz CT molecular complexity index is 325. The van der Waals surface area contributed by atoms with Crippen molar-refractivity contribution in [2.75, 3.05) is 0 Å². The topological polar surface area (TPSA) is 35.5 Å². The molecule has 1 aromatic rings. The summed E-state index contributed by atoms with van der Waals surface area (Å²) in [6, 6.07) is 7.10. The maximum atomic E-state index is 10.6. The van der Waals surface area contributed by atoms with Crippen LogP contribution in [0.4, 0.5) is 0 Å². The molecule has 1 saturated carbocycles. The summed E-state index contributed by atoms with van der Waals surface area (Å²) in [5.41, 5.74) is 0. The highest BCUT2D eigenvalue weighted by Gasteiger charge is 2.23. The number of carbonyl (C=O) groups excluding carboxylic acids is 1. The number of carbonyl (C=O) groups is 1. The van der Waals surface area contributed by atoms with Gasteiger partial charge in [0.1, 0.15) is 11.5 Å². The summed E-state index contributed by atoms with van der Waals surface area (Å²) in [6.45, 7) is 1.38. The SMILES string of the molecule is CC(=O)Oc1ccc(OC2CC2)cc1. The molecule has 74 valence electrons. The number of hydrogen-bond donors (Lipinski definition) is 0. The Morgan fingerprint density at radius 3 is 2.29 bits per heavy atom. The fourth-order valence-electron chi connectivity index (χ4n) is 1.13. The molecule has 0 heterocycles. The van der Waals surface area contributed by atoms with Gasteiger partial charge in [0.2, 0.25) is 0 Å². The van der Waals surface area contributed by atoms with Crippen LogP contribution in [0.3, 0.4) is 0 Å². The summed E-state index contributed by atoms with van der Waals surface area (Å²) in [7, 11) is 0. The van der Waals surface area contributed by atoms with E-state index in [1.807, 2.05) is 12.1 Å². The Hall–Kier alpha value is -1.51. The van der Waals surface area contributed by atoms with Gasteiger partial charge in [0.05, 0.1) is 6.10 Å². The third kappa shape index (κ3) is 2.49. The summed E-state index contributed by atoms with van der Waals surface area (Å²) in [5, 5.41) is 0. The third-order valence-electron chi connectivity index (χ3n) is 1.91. The van der Waals surface area contributed by atoms with Gasteiger partial charge in [0.15, 0.2) is 0 Å². The van der Waals surface area contributed by atoms with Gasteiger partial charge in [-0.05, 0) is 37.1 Å². The van der Waals surface area contributed by atoms with Gasteiger partial charge in [-0.2, -0.15) is 0 Å². The largest absolute Gasteiger partial charge is 0.490 e. The first kappa shape index (κ1) is 9.06. The molecule has 0 atom stereocenters. The number of benzene rings is 1. The maximum absolute atomic E-state index is 10.6. The minimum Gasteiger partial charge on any atom is -0.490 e. The number of ether oxygens (including phenoxy) is 2. The van der Waals surface area contributed by atoms with Gasteiger partial charge in [-0.3, -0.25) is 4.79 Å². The van der Waals surface area contributed by atoms with E-state index in [1.54, 1.807) is 12.1 Å². The van der Waals surface area contributed by atoms with Gasteiger partial charge < -0.3 is 9.47 Å². The fraction of sp³-hybridized carbons (Fsp3) is 0.364. The standard InChI is InChI=1S/C11H12O3/c1-8(12)13-9-2-4-10(5-3-9)14-11-6-7-11/h2-5,11H,6-7H2,1H3. The van der Waals surface area contributed by atoms with E-state index in [2.05, 4.69) is 0 Å². The molecule has 2 rings (SSSR count). The van der Waals surface area contributed by atoms with Crippen molar-refractivity contribution in [1.82, 2.24) is 0 Å². The lowest BCUT2D eigenvalue weighted by molar-refractivity contribution is -0.131. The van der Waals surface area contributed by atoms with E-state index in [-0.39, 0.29) is 5.97 Å². The zero-order chi connectivity index (χ0) is 9.97. The van der Waals surface area contributed by atoms with Gasteiger partial charge >= 0.3 is 5.97 Å². The molecular weight excluding hydrogens is 180 g/mol. The summed E-state index contributed by atoms with van der Waals surface area (Å²) in [5.74, 6) is 1.09. The predicted molar refractivity (Wildman–Crippen MR) is 51.4 cm³/mol. The van der Waals surface area contributed by atoms with E-state index in [0.717, 1.165) is 18.6 Å². The molecule has 1 aliphatic rings. The molecule has 3 heteroatoms. The van der Waals surface area contributed by atoms with Crippen LogP contribution in [0.1, 0.15) is 19.8 Å². The smallest absolute Gasteiger partial charge is 0.308 e. The number of rotatable bonds is 3. The molecule has 0 unspecified atom stereocenters. The molecule has 0 spiro atoms. The first-order chi connectivity index (χ1) is 6.74. The second-order valence-corrected chi connectivity index (χ2v) is 3.38. The predicted octanol–water partition coefficient (Wildman–Crippen LogP) is 2.15. The Labute approximate surface area is 82.6 Å². The highest BCUT2D eigenvalue weighted by atomic mass is 16.5. The van der Waals surface area contributed by atoms with Crippen molar-refractivity contribution >= 4 is 5.97 Å². The van der Waals surface area contributed by atoms with Crippen LogP contribution in [0.25, 0.3) is 0 Å². The van der Waals surface area contributed by atoms with Crippen molar-refractivity contribution in [3.63, 3.8) is 0 Å². The Morgan fingerprint density at radius 2 is 1.79 bits per heavy atom. The lowest BCUT2D eigenvalue weighted by Crippen LogP contribution is -2.01. The second kappa shape index (κ2) is 3.70. The van der Waals surface area contributed by atoms with E-state index < -0.39 is 0 Å². The second-order valence-electron chi connectivity index (χ2n) is 3.38. The monoisotopic (exact) mass is 192 g/mol. The molecule has 0 saturated heterocycles. The lowest BCUT2D eigenvalue weighted by Gasteiger charge is -2.05. The van der Waals surface area contributed by atoms with Gasteiger partial charge in [-0.25, -0.2) is 0 Å². The van der Waals surface area contributed by atoms with Crippen LogP contribution in [0.2, 0.25) is 0 Å². The molecule has 1 fully saturated rings. The third-order valence-corrected chi connectivity index (χ3v) is 1.91. The zero-order valence-electron chi connectivity index (χ0n) is 8.03. The highest BCUT2D eigenvalue weighted by Crippen LogP contribution is 2.27. The molecule has 3 nitrogen and oxygen atoms in total. The van der Waals surface area contributed by atoms with Gasteiger partial charge in [-0.1, -0.05) is 0 Å². The molecule has 0 bridgehead atoms. The van der Waals surface area contributed by atoms with Gasteiger partial charge in [0.25, 0.3) is 0 Å². The van der Waals surface area contributed by atoms with E-state index in [4.69, 9.17) is 9.47 Å². The van der Waals surface area contributed by atoms with Crippen molar-refractivity contribution in [1.29, 1.82) is 0 Å². The molecule has 0 N–H and O–H groups in total. The Kier molecular flexibility index (Phi) is 2.39. The average Bonchev–Trinajstić information content (AvgIpc) is 2.91. The summed E-state index contributed by atoms with van der Waals surface area (Å²) >= 11 is 0. The molecule has 0 radical (unpaired) electrons. The normalized spacial score (nSPS) is 14.9. The van der Waals surface area contributed by atoms with Crippen molar-refractivity contribution < 1.29 is 14.3 Å². The summed E-state index contributed by atoms with van der Waals surface area (Å²) in [6.07, 6.45) is 2.69. The Morgan fingerprint density at radius 1 is 1.21 bits per heavy atom. The van der Waals surface area contributed by atoms with Crippen LogP contribution in [0, 0.1) is 0 Å². The van der Waals surface area contributed by atoms with Crippen LogP contribution in [-0.4, -0.2) is 12.1 Å². The minimum absolute atomic E-state index is 0.305. The van der Waals surface area contributed by atoms with Crippen molar-refractivity contribution in [2.45, 2.75) is 25.9 Å². The molecule has 0 aliphatic heterocycles. The molecule has 0 amide bonds. The molecule has 1 aromatic carbocycles. The van der Waals surface area contributed by atoms with Crippen LogP contribution in [-0.2, 0) is 4.79 Å². The lowest BCUT2D eigenvalue weighted by atomic mass is 10.3. The maximum Gasteiger partial charge on any atom is 0.308 e. The van der Waals surface area contributed by atoms with Crippen molar-refractivity contribution in [3.05, 3.63) is 24.3 Å². The quantitative estimate of drug-likeness (QED) is 0.543. The van der Waals surface area contributed by atoms with Crippen LogP contribution < -0.4 is 9.47 Å². The molecular formula is C11H12O3. The number of esters is 1. The van der Waals surface area contributed by atoms with Crippen LogP contribution >= 0.6 is 0 Å². The molecule has 14 heavy (non-hydrogen) atoms. The average molecular weight is 192 g/mol. The van der Waals surface area contributed by atoms with Crippen molar-refractivity contribution in [2.24, 2.45) is 0 Å². The fourth-order valence-corrected chi connectivity index (χ4v) is 1.13. The minimum atomic E-state index is -0.305. The van der Waals surface area contributed by atoms with E-state index >= 15 is 0 Å². The molecule has 0 aromatic heterocycles. The first-order valence-corrected chi connectivity index (χ1v) is 4.69. The van der Waals surface area contributed by atoms with E-state index in [0.29, 0.717) is 11.9 Å². The highest BCUT2D eigenvalue weighted by molar-refractivity contribution is 5.69.